The molecule has 0 saturated heterocycles. The van der Waals surface area contributed by atoms with Gasteiger partial charge in [0.05, 0.1) is 11.6 Å². The number of rotatable bonds is 3. The number of hydrogen-bond donors (Lipinski definition) is 1. The summed E-state index contributed by atoms with van der Waals surface area (Å²) in [4.78, 5) is 12.9. The summed E-state index contributed by atoms with van der Waals surface area (Å²) in [5, 5.41) is 8.69. The van der Waals surface area contributed by atoms with E-state index in [1.165, 1.54) is 12.8 Å². The molecule has 6 nitrogen and oxygen atoms in total. The highest BCUT2D eigenvalue weighted by molar-refractivity contribution is 5.87. The lowest BCUT2D eigenvalue weighted by Gasteiger charge is -2.04. The molecule has 0 aromatic carbocycles. The molecule has 3 heterocycles. The highest BCUT2D eigenvalue weighted by atomic mass is 15.3. The second kappa shape index (κ2) is 4.01. The van der Waals surface area contributed by atoms with Gasteiger partial charge in [-0.15, -0.1) is 0 Å². The lowest BCUT2D eigenvalue weighted by atomic mass is 10.4. The van der Waals surface area contributed by atoms with Crippen molar-refractivity contribution in [3.8, 4) is 5.82 Å². The van der Waals surface area contributed by atoms with Crippen LogP contribution in [0.15, 0.2) is 36.9 Å². The average Bonchev–Trinajstić information content (AvgIpc) is 3.16. The van der Waals surface area contributed by atoms with E-state index in [0.29, 0.717) is 6.04 Å². The predicted octanol–water partition coefficient (Wildman–Crippen LogP) is 1.78. The highest BCUT2D eigenvalue weighted by Crippen LogP contribution is 2.27. The van der Waals surface area contributed by atoms with Crippen molar-refractivity contribution in [3.63, 3.8) is 0 Å². The van der Waals surface area contributed by atoms with Gasteiger partial charge in [0.15, 0.2) is 11.5 Å². The van der Waals surface area contributed by atoms with E-state index in [1.54, 1.807) is 23.4 Å². The van der Waals surface area contributed by atoms with Gasteiger partial charge in [0, 0.05) is 12.2 Å². The van der Waals surface area contributed by atoms with Gasteiger partial charge in [0.2, 0.25) is 0 Å². The topological polar surface area (TPSA) is 68.5 Å². The van der Waals surface area contributed by atoms with Gasteiger partial charge in [0.1, 0.15) is 12.1 Å². The van der Waals surface area contributed by atoms with Crippen LogP contribution in [-0.4, -0.2) is 30.8 Å². The van der Waals surface area contributed by atoms with E-state index in [4.69, 9.17) is 0 Å². The lowest BCUT2D eigenvalue weighted by molar-refractivity contribution is 0.861. The number of nitrogens with zero attached hydrogens (tertiary/aromatic N) is 5. The van der Waals surface area contributed by atoms with E-state index in [-0.39, 0.29) is 0 Å². The molecular weight excluding hydrogens is 240 g/mol. The van der Waals surface area contributed by atoms with E-state index in [0.717, 1.165) is 22.7 Å². The summed E-state index contributed by atoms with van der Waals surface area (Å²) >= 11 is 0. The van der Waals surface area contributed by atoms with Crippen LogP contribution in [0, 0.1) is 0 Å². The fourth-order valence-electron chi connectivity index (χ4n) is 2.03. The molecule has 0 aliphatic heterocycles. The number of aromatic nitrogens is 5. The molecule has 4 rings (SSSR count). The third kappa shape index (κ3) is 1.81. The van der Waals surface area contributed by atoms with Gasteiger partial charge >= 0.3 is 0 Å². The third-order valence-electron chi connectivity index (χ3n) is 3.15. The maximum atomic E-state index is 4.37. The monoisotopic (exact) mass is 252 g/mol. The largest absolute Gasteiger partial charge is 0.367 e. The minimum Gasteiger partial charge on any atom is -0.367 e. The first-order valence-corrected chi connectivity index (χ1v) is 6.28. The molecule has 0 atom stereocenters. The second-order valence-electron chi connectivity index (χ2n) is 4.62. The van der Waals surface area contributed by atoms with Crippen LogP contribution in [0.3, 0.4) is 0 Å². The molecule has 1 N–H and O–H groups in total. The van der Waals surface area contributed by atoms with E-state index < -0.39 is 0 Å². The van der Waals surface area contributed by atoms with Gasteiger partial charge in [-0.2, -0.15) is 9.78 Å². The van der Waals surface area contributed by atoms with Crippen LogP contribution < -0.4 is 5.32 Å². The Labute approximate surface area is 109 Å². The SMILES string of the molecule is c1ccc(-n2ncc3c(NC4CC4)ncnc32)nc1. The van der Waals surface area contributed by atoms with Crippen molar-refractivity contribution < 1.29 is 0 Å². The van der Waals surface area contributed by atoms with Crippen molar-refractivity contribution in [2.45, 2.75) is 18.9 Å². The maximum absolute atomic E-state index is 4.37. The van der Waals surface area contributed by atoms with Gasteiger partial charge in [-0.25, -0.2) is 15.0 Å². The van der Waals surface area contributed by atoms with Crippen LogP contribution in [-0.2, 0) is 0 Å². The van der Waals surface area contributed by atoms with E-state index in [9.17, 15) is 0 Å². The Morgan fingerprint density at radius 1 is 1.16 bits per heavy atom. The van der Waals surface area contributed by atoms with Crippen molar-refractivity contribution in [2.75, 3.05) is 5.32 Å². The van der Waals surface area contributed by atoms with Gasteiger partial charge < -0.3 is 5.32 Å². The summed E-state index contributed by atoms with van der Waals surface area (Å²) in [7, 11) is 0. The van der Waals surface area contributed by atoms with Crippen molar-refractivity contribution in [2.24, 2.45) is 0 Å². The molecule has 0 unspecified atom stereocenters. The zero-order valence-electron chi connectivity index (χ0n) is 10.2. The maximum Gasteiger partial charge on any atom is 0.170 e. The first kappa shape index (κ1) is 10.4. The van der Waals surface area contributed by atoms with Crippen LogP contribution >= 0.6 is 0 Å². The Morgan fingerprint density at radius 2 is 2.11 bits per heavy atom. The fourth-order valence-corrected chi connectivity index (χ4v) is 2.03. The molecular formula is C13H12N6. The van der Waals surface area contributed by atoms with Gasteiger partial charge in [-0.1, -0.05) is 6.07 Å². The van der Waals surface area contributed by atoms with Crippen LogP contribution in [0.25, 0.3) is 16.9 Å². The van der Waals surface area contributed by atoms with E-state index in [1.807, 2.05) is 18.2 Å². The van der Waals surface area contributed by atoms with Gasteiger partial charge in [-0.05, 0) is 25.0 Å². The van der Waals surface area contributed by atoms with Gasteiger partial charge in [0.25, 0.3) is 0 Å². The Hall–Kier alpha value is -2.50. The molecule has 3 aromatic rings. The van der Waals surface area contributed by atoms with Crippen molar-refractivity contribution in [3.05, 3.63) is 36.9 Å². The van der Waals surface area contributed by atoms with Crippen LogP contribution in [0.2, 0.25) is 0 Å². The summed E-state index contributed by atoms with van der Waals surface area (Å²) in [5.74, 6) is 1.61. The zero-order chi connectivity index (χ0) is 12.7. The molecule has 1 aliphatic carbocycles. The first-order valence-electron chi connectivity index (χ1n) is 6.28. The number of anilines is 1. The number of fused-ring (bicyclic) bond motifs is 1. The highest BCUT2D eigenvalue weighted by Gasteiger charge is 2.23. The molecule has 19 heavy (non-hydrogen) atoms. The molecule has 0 radical (unpaired) electrons. The quantitative estimate of drug-likeness (QED) is 0.769. The zero-order valence-corrected chi connectivity index (χ0v) is 10.2. The molecule has 0 bridgehead atoms. The van der Waals surface area contributed by atoms with Crippen LogP contribution in [0.1, 0.15) is 12.8 Å². The van der Waals surface area contributed by atoms with Crippen LogP contribution in [0.4, 0.5) is 5.82 Å². The standard InChI is InChI=1S/C13H12N6/c1-2-6-14-11(3-1)19-13-10(7-17-19)12(15-8-16-13)18-9-4-5-9/h1-3,6-9H,4-5H2,(H,15,16,18). The minimum absolute atomic E-state index is 0.552. The fraction of sp³-hybridized carbons (Fsp3) is 0.231. The Morgan fingerprint density at radius 3 is 2.89 bits per heavy atom. The smallest absolute Gasteiger partial charge is 0.170 e. The Bertz CT molecular complexity index is 716. The summed E-state index contributed by atoms with van der Waals surface area (Å²) in [6.45, 7) is 0. The van der Waals surface area contributed by atoms with E-state index in [2.05, 4.69) is 25.4 Å². The average molecular weight is 252 g/mol. The molecule has 1 saturated carbocycles. The molecule has 3 aromatic heterocycles. The van der Waals surface area contributed by atoms with Crippen molar-refractivity contribution in [1.82, 2.24) is 24.7 Å². The first-order chi connectivity index (χ1) is 9.42. The summed E-state index contributed by atoms with van der Waals surface area (Å²) in [5.41, 5.74) is 0.775. The normalized spacial score (nSPS) is 14.7. The lowest BCUT2D eigenvalue weighted by Crippen LogP contribution is -2.04. The minimum atomic E-state index is 0.552. The molecule has 1 aliphatic rings. The van der Waals surface area contributed by atoms with E-state index >= 15 is 0 Å². The Balaban J connectivity index is 1.85. The van der Waals surface area contributed by atoms with Gasteiger partial charge in [-0.3, -0.25) is 0 Å². The summed E-state index contributed by atoms with van der Waals surface area (Å²) in [6.07, 6.45) is 7.51. The molecule has 6 heteroatoms. The van der Waals surface area contributed by atoms with Crippen LogP contribution in [0.5, 0.6) is 0 Å². The van der Waals surface area contributed by atoms with Crippen molar-refractivity contribution >= 4 is 16.9 Å². The molecule has 1 fully saturated rings. The molecule has 94 valence electrons. The van der Waals surface area contributed by atoms with Crippen molar-refractivity contribution in [1.29, 1.82) is 0 Å². The number of hydrogen-bond acceptors (Lipinski definition) is 5. The second-order valence-corrected chi connectivity index (χ2v) is 4.62. The molecule has 0 amide bonds. The number of pyridine rings is 1. The predicted molar refractivity (Wildman–Crippen MR) is 71.1 cm³/mol. The third-order valence-corrected chi connectivity index (χ3v) is 3.15. The molecule has 0 spiro atoms. The summed E-state index contributed by atoms with van der Waals surface area (Å²) < 4.78 is 1.73. The summed E-state index contributed by atoms with van der Waals surface area (Å²) in [6, 6.07) is 6.27. The Kier molecular flexibility index (Phi) is 2.20. The number of nitrogens with one attached hydrogen (secondary N) is 1.